The maximum Gasteiger partial charge on any atom is 0.306 e. The molecule has 0 bridgehead atoms. The van der Waals surface area contributed by atoms with E-state index < -0.39 is 6.10 Å². The van der Waals surface area contributed by atoms with Crippen molar-refractivity contribution in [2.45, 2.75) is 386 Å². The van der Waals surface area contributed by atoms with Crippen LogP contribution in [-0.2, 0) is 28.6 Å². The van der Waals surface area contributed by atoms with Crippen LogP contribution in [0.5, 0.6) is 0 Å². The Morgan fingerprint density at radius 2 is 0.470 bits per heavy atom. The highest BCUT2D eigenvalue weighted by molar-refractivity contribution is 5.71. The monoisotopic (exact) mass is 1160 g/mol. The van der Waals surface area contributed by atoms with E-state index in [0.29, 0.717) is 19.3 Å². The number of hydrogen-bond acceptors (Lipinski definition) is 6. The molecule has 0 fully saturated rings. The van der Waals surface area contributed by atoms with E-state index in [4.69, 9.17) is 14.2 Å². The predicted octanol–water partition coefficient (Wildman–Crippen LogP) is 25.2. The summed E-state index contributed by atoms with van der Waals surface area (Å²) >= 11 is 0. The third-order valence-electron chi connectivity index (χ3n) is 16.2. The summed E-state index contributed by atoms with van der Waals surface area (Å²) in [5.74, 6) is -0.863. The fourth-order valence-corrected chi connectivity index (χ4v) is 10.8. The van der Waals surface area contributed by atoms with Gasteiger partial charge in [-0.25, -0.2) is 0 Å². The standard InChI is InChI=1S/C77H138O6/c1-4-7-10-13-16-19-22-25-28-31-33-35-37-39-41-42-44-46-49-52-55-58-61-64-67-70-76(79)82-73-74(72-81-75(78)69-66-63-60-57-54-51-48-30-27-24-21-18-15-12-9-6-3)83-77(80)71-68-65-62-59-56-53-50-47-45-43-40-38-36-34-32-29-26-23-20-17-14-11-8-5-2/h7,10,16,19,25,28,33,35,39,41,44,46,74H,4-6,8-9,11-15,17-18,20-24,26-27,29-32,34,36-38,40,42-43,45,47-73H2,1-3H3/b10-7-,19-16-,28-25-,35-33-,41-39-,46-44-. The molecule has 83 heavy (non-hydrogen) atoms. The van der Waals surface area contributed by atoms with E-state index in [0.717, 1.165) is 103 Å². The van der Waals surface area contributed by atoms with Gasteiger partial charge in [0.1, 0.15) is 13.2 Å². The molecule has 0 radical (unpaired) electrons. The van der Waals surface area contributed by atoms with Crippen LogP contribution in [0.3, 0.4) is 0 Å². The average Bonchev–Trinajstić information content (AvgIpc) is 3.50. The average molecular weight is 1160 g/mol. The smallest absolute Gasteiger partial charge is 0.306 e. The zero-order chi connectivity index (χ0) is 59.9. The summed E-state index contributed by atoms with van der Waals surface area (Å²) < 4.78 is 17.0. The van der Waals surface area contributed by atoms with Crippen LogP contribution in [0, 0.1) is 0 Å². The van der Waals surface area contributed by atoms with Gasteiger partial charge in [-0.05, 0) is 70.6 Å². The van der Waals surface area contributed by atoms with Gasteiger partial charge in [0, 0.05) is 19.3 Å². The molecule has 0 aromatic heterocycles. The summed E-state index contributed by atoms with van der Waals surface area (Å²) in [7, 11) is 0. The van der Waals surface area contributed by atoms with Gasteiger partial charge < -0.3 is 14.2 Å². The Hall–Kier alpha value is -3.15. The van der Waals surface area contributed by atoms with Gasteiger partial charge in [0.2, 0.25) is 0 Å². The summed E-state index contributed by atoms with van der Waals surface area (Å²) in [6, 6.07) is 0. The largest absolute Gasteiger partial charge is 0.462 e. The highest BCUT2D eigenvalue weighted by Gasteiger charge is 2.19. The Morgan fingerprint density at radius 3 is 0.735 bits per heavy atom. The number of ether oxygens (including phenoxy) is 3. The molecular weight excluding hydrogens is 1020 g/mol. The summed E-state index contributed by atoms with van der Waals surface area (Å²) in [6.45, 7) is 6.59. The zero-order valence-corrected chi connectivity index (χ0v) is 55.5. The maximum atomic E-state index is 13.0. The number of rotatable bonds is 67. The fraction of sp³-hybridized carbons (Fsp3) is 0.805. The van der Waals surface area contributed by atoms with Gasteiger partial charge in [-0.3, -0.25) is 14.4 Å². The quantitative estimate of drug-likeness (QED) is 0.0261. The zero-order valence-electron chi connectivity index (χ0n) is 55.5. The Morgan fingerprint density at radius 1 is 0.253 bits per heavy atom. The molecule has 482 valence electrons. The summed E-state index contributed by atoms with van der Waals surface area (Å²) in [5.41, 5.74) is 0. The van der Waals surface area contributed by atoms with Crippen LogP contribution in [0.2, 0.25) is 0 Å². The molecule has 0 heterocycles. The Bertz CT molecular complexity index is 1520. The van der Waals surface area contributed by atoms with E-state index in [1.807, 2.05) is 0 Å². The van der Waals surface area contributed by atoms with Crippen LogP contribution < -0.4 is 0 Å². The predicted molar refractivity (Wildman–Crippen MR) is 362 cm³/mol. The summed E-state index contributed by atoms with van der Waals surface area (Å²) in [6.07, 6.45) is 93.6. The first-order chi connectivity index (χ1) is 41.0. The van der Waals surface area contributed by atoms with Crippen molar-refractivity contribution in [1.82, 2.24) is 0 Å². The van der Waals surface area contributed by atoms with Gasteiger partial charge in [-0.2, -0.15) is 0 Å². The van der Waals surface area contributed by atoms with Crippen molar-refractivity contribution in [2.75, 3.05) is 13.2 Å². The molecule has 1 atom stereocenters. The number of hydrogen-bond donors (Lipinski definition) is 0. The van der Waals surface area contributed by atoms with Crippen molar-refractivity contribution >= 4 is 17.9 Å². The molecule has 1 unspecified atom stereocenters. The van der Waals surface area contributed by atoms with Crippen molar-refractivity contribution in [3.63, 3.8) is 0 Å². The maximum absolute atomic E-state index is 13.0. The second-order valence-corrected chi connectivity index (χ2v) is 24.5. The topological polar surface area (TPSA) is 78.9 Å². The highest BCUT2D eigenvalue weighted by atomic mass is 16.6. The van der Waals surface area contributed by atoms with Gasteiger partial charge in [-0.1, -0.05) is 363 Å². The molecule has 0 rings (SSSR count). The first-order valence-corrected chi connectivity index (χ1v) is 36.4. The van der Waals surface area contributed by atoms with Crippen LogP contribution >= 0.6 is 0 Å². The van der Waals surface area contributed by atoms with Crippen LogP contribution in [0.4, 0.5) is 0 Å². The molecule has 0 N–H and O–H groups in total. The molecule has 0 aliphatic carbocycles. The molecule has 0 aliphatic heterocycles. The van der Waals surface area contributed by atoms with Crippen LogP contribution in [0.15, 0.2) is 72.9 Å². The van der Waals surface area contributed by atoms with Gasteiger partial charge in [0.25, 0.3) is 0 Å². The van der Waals surface area contributed by atoms with E-state index in [1.165, 1.54) is 238 Å². The minimum absolute atomic E-state index is 0.0747. The molecule has 0 aliphatic rings. The van der Waals surface area contributed by atoms with E-state index in [9.17, 15) is 14.4 Å². The van der Waals surface area contributed by atoms with Crippen molar-refractivity contribution in [3.05, 3.63) is 72.9 Å². The molecule has 0 aromatic carbocycles. The van der Waals surface area contributed by atoms with Crippen molar-refractivity contribution < 1.29 is 28.6 Å². The first-order valence-electron chi connectivity index (χ1n) is 36.4. The van der Waals surface area contributed by atoms with Gasteiger partial charge in [0.05, 0.1) is 0 Å². The molecule has 6 heteroatoms. The molecule has 0 spiro atoms. The minimum Gasteiger partial charge on any atom is -0.462 e. The van der Waals surface area contributed by atoms with Gasteiger partial charge >= 0.3 is 17.9 Å². The van der Waals surface area contributed by atoms with E-state index in [2.05, 4.69) is 93.7 Å². The number of carbonyl (C=O) groups is 3. The van der Waals surface area contributed by atoms with Gasteiger partial charge in [-0.15, -0.1) is 0 Å². The Labute approximate surface area is 516 Å². The van der Waals surface area contributed by atoms with Crippen LogP contribution in [-0.4, -0.2) is 37.2 Å². The molecule has 0 aromatic rings. The second-order valence-electron chi connectivity index (χ2n) is 24.5. The lowest BCUT2D eigenvalue weighted by Crippen LogP contribution is -2.30. The first kappa shape index (κ1) is 79.8. The lowest BCUT2D eigenvalue weighted by molar-refractivity contribution is -0.167. The van der Waals surface area contributed by atoms with Gasteiger partial charge in [0.15, 0.2) is 6.10 Å². The summed E-state index contributed by atoms with van der Waals surface area (Å²) in [5, 5.41) is 0. The highest BCUT2D eigenvalue weighted by Crippen LogP contribution is 2.19. The lowest BCUT2D eigenvalue weighted by Gasteiger charge is -2.18. The molecular formula is C77H138O6. The van der Waals surface area contributed by atoms with Crippen molar-refractivity contribution in [1.29, 1.82) is 0 Å². The van der Waals surface area contributed by atoms with E-state index in [-0.39, 0.29) is 31.1 Å². The third kappa shape index (κ3) is 69.5. The minimum atomic E-state index is -0.781. The lowest BCUT2D eigenvalue weighted by atomic mass is 10.0. The Kier molecular flexibility index (Phi) is 68.6. The number of allylic oxidation sites excluding steroid dienone is 12. The number of unbranched alkanes of at least 4 members (excludes halogenated alkanes) is 44. The van der Waals surface area contributed by atoms with Crippen molar-refractivity contribution in [3.8, 4) is 0 Å². The van der Waals surface area contributed by atoms with E-state index >= 15 is 0 Å². The molecule has 0 saturated heterocycles. The third-order valence-corrected chi connectivity index (χ3v) is 16.2. The van der Waals surface area contributed by atoms with Crippen LogP contribution in [0.25, 0.3) is 0 Å². The Balaban J connectivity index is 4.34. The SMILES string of the molecule is CC/C=C\C/C=C\C/C=C\C/C=C\C/C=C\C/C=C\CCCCCCCCC(=O)OCC(COC(=O)CCCCCCCCCCCCCCCCCC)OC(=O)CCCCCCCCCCCCCCCCCCCCCCCCCC. The molecule has 6 nitrogen and oxygen atoms in total. The molecule has 0 saturated carbocycles. The second kappa shape index (κ2) is 71.3. The summed E-state index contributed by atoms with van der Waals surface area (Å²) in [4.78, 5) is 38.5. The van der Waals surface area contributed by atoms with E-state index in [1.54, 1.807) is 0 Å². The number of esters is 3. The number of carbonyl (C=O) groups excluding carboxylic acids is 3. The molecule has 0 amide bonds. The fourth-order valence-electron chi connectivity index (χ4n) is 10.8. The van der Waals surface area contributed by atoms with Crippen LogP contribution in [0.1, 0.15) is 380 Å². The van der Waals surface area contributed by atoms with Crippen molar-refractivity contribution in [2.24, 2.45) is 0 Å². The normalized spacial score (nSPS) is 12.5.